The van der Waals surface area contributed by atoms with Gasteiger partial charge >= 0.3 is 0 Å². The van der Waals surface area contributed by atoms with E-state index in [9.17, 15) is 0 Å². The maximum atomic E-state index is 5.95. The third-order valence-electron chi connectivity index (χ3n) is 3.92. The fourth-order valence-corrected chi connectivity index (χ4v) is 2.93. The summed E-state index contributed by atoms with van der Waals surface area (Å²) in [5, 5.41) is 0. The molecular weight excluding hydrogens is 268 g/mol. The van der Waals surface area contributed by atoms with Crippen LogP contribution in [0.5, 0.6) is 0 Å². The minimum atomic E-state index is 0.474. The first-order valence-corrected chi connectivity index (χ1v) is 8.10. The van der Waals surface area contributed by atoms with Gasteiger partial charge in [0.05, 0.1) is 11.0 Å². The highest BCUT2D eigenvalue weighted by Gasteiger charge is 2.16. The molecule has 1 unspecified atom stereocenters. The van der Waals surface area contributed by atoms with Gasteiger partial charge in [-0.2, -0.15) is 0 Å². The number of fused-ring (bicyclic) bond motifs is 1. The van der Waals surface area contributed by atoms with E-state index in [1.165, 1.54) is 23.9 Å². The second kappa shape index (κ2) is 6.62. The number of imidazole rings is 1. The molecule has 2 rings (SSSR count). The predicted molar refractivity (Wildman–Crippen MR) is 87.7 cm³/mol. The molecule has 3 heteroatoms. The van der Waals surface area contributed by atoms with E-state index in [4.69, 9.17) is 16.6 Å². The number of aryl methyl sites for hydroxylation is 2. The molecule has 1 heterocycles. The monoisotopic (exact) mass is 292 g/mol. The van der Waals surface area contributed by atoms with Crippen LogP contribution in [-0.2, 0) is 6.42 Å². The number of alkyl halides is 1. The lowest BCUT2D eigenvalue weighted by Gasteiger charge is -2.18. The largest absolute Gasteiger partial charge is 0.325 e. The number of halogens is 1. The molecule has 20 heavy (non-hydrogen) atoms. The number of aromatic nitrogens is 2. The van der Waals surface area contributed by atoms with Crippen LogP contribution in [0, 0.1) is 12.8 Å². The van der Waals surface area contributed by atoms with Crippen LogP contribution in [0.2, 0.25) is 0 Å². The molecule has 1 aromatic carbocycles. The normalized spacial score (nSPS) is 13.3. The highest BCUT2D eigenvalue weighted by Crippen LogP contribution is 2.27. The third-order valence-corrected chi connectivity index (χ3v) is 4.10. The lowest BCUT2D eigenvalue weighted by Crippen LogP contribution is -2.11. The lowest BCUT2D eigenvalue weighted by atomic mass is 10.0. The first-order valence-electron chi connectivity index (χ1n) is 7.57. The zero-order valence-electron chi connectivity index (χ0n) is 13.0. The van der Waals surface area contributed by atoms with E-state index >= 15 is 0 Å². The van der Waals surface area contributed by atoms with Crippen molar-refractivity contribution < 1.29 is 0 Å². The highest BCUT2D eigenvalue weighted by atomic mass is 35.5. The maximum absolute atomic E-state index is 5.95. The smallest absolute Gasteiger partial charge is 0.111 e. The van der Waals surface area contributed by atoms with Gasteiger partial charge < -0.3 is 4.57 Å². The summed E-state index contributed by atoms with van der Waals surface area (Å²) < 4.78 is 2.40. The fourth-order valence-electron chi connectivity index (χ4n) is 2.76. The molecule has 110 valence electrons. The van der Waals surface area contributed by atoms with Crippen molar-refractivity contribution >= 4 is 22.6 Å². The van der Waals surface area contributed by atoms with Crippen LogP contribution in [0.4, 0.5) is 0 Å². The van der Waals surface area contributed by atoms with Crippen molar-refractivity contribution in [1.29, 1.82) is 0 Å². The molecular formula is C17H25ClN2. The first kappa shape index (κ1) is 15.4. The molecule has 2 nitrogen and oxygen atoms in total. The van der Waals surface area contributed by atoms with Gasteiger partial charge in [-0.05, 0) is 44.2 Å². The number of para-hydroxylation sites is 1. The van der Waals surface area contributed by atoms with E-state index < -0.39 is 0 Å². The van der Waals surface area contributed by atoms with E-state index in [0.29, 0.717) is 11.9 Å². The van der Waals surface area contributed by atoms with Crippen molar-refractivity contribution in [2.24, 2.45) is 5.92 Å². The van der Waals surface area contributed by atoms with Gasteiger partial charge in [-0.1, -0.05) is 26.0 Å². The van der Waals surface area contributed by atoms with Crippen molar-refractivity contribution in [3.8, 4) is 0 Å². The topological polar surface area (TPSA) is 17.8 Å². The summed E-state index contributed by atoms with van der Waals surface area (Å²) in [6.07, 6.45) is 3.26. The molecule has 0 fully saturated rings. The van der Waals surface area contributed by atoms with Crippen molar-refractivity contribution in [2.45, 2.75) is 53.0 Å². The van der Waals surface area contributed by atoms with Gasteiger partial charge in [0, 0.05) is 18.3 Å². The number of nitrogens with zero attached hydrogens (tertiary/aromatic N) is 2. The van der Waals surface area contributed by atoms with Gasteiger partial charge in [0.2, 0.25) is 0 Å². The van der Waals surface area contributed by atoms with Crippen LogP contribution < -0.4 is 0 Å². The third kappa shape index (κ3) is 3.17. The van der Waals surface area contributed by atoms with E-state index in [0.717, 1.165) is 23.7 Å². The number of hydrogen-bond acceptors (Lipinski definition) is 1. The van der Waals surface area contributed by atoms with E-state index in [2.05, 4.69) is 50.5 Å². The van der Waals surface area contributed by atoms with Crippen molar-refractivity contribution in [3.63, 3.8) is 0 Å². The van der Waals surface area contributed by atoms with Gasteiger partial charge in [0.25, 0.3) is 0 Å². The highest BCUT2D eigenvalue weighted by molar-refractivity contribution is 6.17. The van der Waals surface area contributed by atoms with Crippen LogP contribution >= 0.6 is 11.6 Å². The molecule has 0 saturated carbocycles. The van der Waals surface area contributed by atoms with E-state index in [1.54, 1.807) is 0 Å². The fraction of sp³-hybridized carbons (Fsp3) is 0.588. The summed E-state index contributed by atoms with van der Waals surface area (Å²) >= 11 is 5.95. The van der Waals surface area contributed by atoms with Gasteiger partial charge in [0.15, 0.2) is 0 Å². The van der Waals surface area contributed by atoms with Crippen molar-refractivity contribution in [2.75, 3.05) is 5.88 Å². The van der Waals surface area contributed by atoms with Gasteiger partial charge in [-0.25, -0.2) is 4.98 Å². The summed E-state index contributed by atoms with van der Waals surface area (Å²) in [4.78, 5) is 4.83. The molecule has 0 aliphatic carbocycles. The van der Waals surface area contributed by atoms with Crippen molar-refractivity contribution in [1.82, 2.24) is 9.55 Å². The average Bonchev–Trinajstić information content (AvgIpc) is 2.76. The Kier molecular flexibility index (Phi) is 5.09. The molecule has 1 aromatic heterocycles. The zero-order chi connectivity index (χ0) is 14.7. The molecule has 0 aliphatic rings. The van der Waals surface area contributed by atoms with Crippen LogP contribution in [0.3, 0.4) is 0 Å². The van der Waals surface area contributed by atoms with Gasteiger partial charge in [0.1, 0.15) is 5.82 Å². The Labute approximate surface area is 127 Å². The SMILES string of the molecule is Cc1cccc2c1nc(CCCl)n2C(C)CCC(C)C. The summed E-state index contributed by atoms with van der Waals surface area (Å²) in [5.41, 5.74) is 3.62. The number of rotatable bonds is 6. The summed E-state index contributed by atoms with van der Waals surface area (Å²) in [7, 11) is 0. The van der Waals surface area contributed by atoms with Crippen LogP contribution in [0.15, 0.2) is 18.2 Å². The first-order chi connectivity index (χ1) is 9.54. The quantitative estimate of drug-likeness (QED) is 0.675. The van der Waals surface area contributed by atoms with Gasteiger partial charge in [-0.15, -0.1) is 11.6 Å². The van der Waals surface area contributed by atoms with Crippen LogP contribution in [0.1, 0.15) is 51.0 Å². The Morgan fingerprint density at radius 1 is 1.20 bits per heavy atom. The van der Waals surface area contributed by atoms with E-state index in [-0.39, 0.29) is 0 Å². The Balaban J connectivity index is 2.43. The molecule has 0 spiro atoms. The Morgan fingerprint density at radius 2 is 1.95 bits per heavy atom. The Bertz CT molecular complexity index is 572. The van der Waals surface area contributed by atoms with Crippen LogP contribution in [0.25, 0.3) is 11.0 Å². The zero-order valence-corrected chi connectivity index (χ0v) is 13.7. The summed E-state index contributed by atoms with van der Waals surface area (Å²) in [6.45, 7) is 8.98. The number of hydrogen-bond donors (Lipinski definition) is 0. The molecule has 0 aliphatic heterocycles. The van der Waals surface area contributed by atoms with E-state index in [1.807, 2.05) is 0 Å². The molecule has 1 atom stereocenters. The second-order valence-corrected chi connectivity index (χ2v) is 6.48. The molecule has 0 N–H and O–H groups in total. The molecule has 2 aromatic rings. The Hall–Kier alpha value is -1.02. The average molecular weight is 293 g/mol. The molecule has 0 amide bonds. The van der Waals surface area contributed by atoms with Crippen molar-refractivity contribution in [3.05, 3.63) is 29.6 Å². The standard InChI is InChI=1S/C17H25ClN2/c1-12(2)8-9-14(4)20-15-7-5-6-13(3)17(15)19-16(20)10-11-18/h5-7,12,14H,8-11H2,1-4H3. The lowest BCUT2D eigenvalue weighted by molar-refractivity contribution is 0.438. The minimum Gasteiger partial charge on any atom is -0.325 e. The minimum absolute atomic E-state index is 0.474. The molecule has 0 saturated heterocycles. The number of benzene rings is 1. The molecule has 0 radical (unpaired) electrons. The maximum Gasteiger partial charge on any atom is 0.111 e. The van der Waals surface area contributed by atoms with Crippen LogP contribution in [-0.4, -0.2) is 15.4 Å². The predicted octanol–water partition coefficient (Wildman–Crippen LogP) is 5.12. The second-order valence-electron chi connectivity index (χ2n) is 6.10. The summed E-state index contributed by atoms with van der Waals surface area (Å²) in [6, 6.07) is 6.90. The summed E-state index contributed by atoms with van der Waals surface area (Å²) in [5.74, 6) is 2.49. The molecule has 0 bridgehead atoms. The van der Waals surface area contributed by atoms with Gasteiger partial charge in [-0.3, -0.25) is 0 Å². The Morgan fingerprint density at radius 3 is 2.60 bits per heavy atom.